The van der Waals surface area contributed by atoms with Crippen LogP contribution in [0.25, 0.3) is 0 Å². The molecular formula is C19H30N4O3S. The van der Waals surface area contributed by atoms with Gasteiger partial charge in [0, 0.05) is 45.3 Å². The SMILES string of the molecule is CNC1CCN(C(=O)CN2CCN(S(=O)(=O)c3ccc(C)cc3)CC2)CC1. The first kappa shape index (κ1) is 20.3. The summed E-state index contributed by atoms with van der Waals surface area (Å²) < 4.78 is 27.0. The standard InChI is InChI=1S/C19H30N4O3S/c1-16-3-5-18(6-4-16)27(25,26)23-13-11-21(12-14-23)15-19(24)22-9-7-17(20-2)8-10-22/h3-6,17,20H,7-15H2,1-2H3. The van der Waals surface area contributed by atoms with Crippen molar-refractivity contribution in [3.63, 3.8) is 0 Å². The zero-order valence-electron chi connectivity index (χ0n) is 16.2. The van der Waals surface area contributed by atoms with Crippen LogP contribution in [0.15, 0.2) is 29.2 Å². The smallest absolute Gasteiger partial charge is 0.243 e. The summed E-state index contributed by atoms with van der Waals surface area (Å²) in [6, 6.07) is 7.47. The summed E-state index contributed by atoms with van der Waals surface area (Å²) in [6.45, 7) is 5.93. The van der Waals surface area contributed by atoms with Crippen molar-refractivity contribution in [2.24, 2.45) is 0 Å². The molecule has 0 unspecified atom stereocenters. The van der Waals surface area contributed by atoms with Crippen molar-refractivity contribution in [1.82, 2.24) is 19.4 Å². The fourth-order valence-corrected chi connectivity index (χ4v) is 5.12. The monoisotopic (exact) mass is 394 g/mol. The van der Waals surface area contributed by atoms with E-state index in [-0.39, 0.29) is 5.91 Å². The molecule has 7 nitrogen and oxygen atoms in total. The maximum atomic E-state index is 12.8. The van der Waals surface area contributed by atoms with Gasteiger partial charge in [0.2, 0.25) is 15.9 Å². The number of piperazine rings is 1. The first-order chi connectivity index (χ1) is 12.9. The van der Waals surface area contributed by atoms with E-state index in [9.17, 15) is 13.2 Å². The number of amides is 1. The summed E-state index contributed by atoms with van der Waals surface area (Å²) in [4.78, 5) is 16.9. The van der Waals surface area contributed by atoms with Gasteiger partial charge in [0.1, 0.15) is 0 Å². The molecule has 150 valence electrons. The number of nitrogens with one attached hydrogen (secondary N) is 1. The Morgan fingerprint density at radius 3 is 2.19 bits per heavy atom. The van der Waals surface area contributed by atoms with Crippen molar-refractivity contribution in [3.05, 3.63) is 29.8 Å². The molecule has 0 spiro atoms. The van der Waals surface area contributed by atoms with Crippen LogP contribution in [0.3, 0.4) is 0 Å². The number of piperidine rings is 1. The summed E-state index contributed by atoms with van der Waals surface area (Å²) in [5.41, 5.74) is 1.04. The van der Waals surface area contributed by atoms with Gasteiger partial charge in [-0.15, -0.1) is 0 Å². The predicted molar refractivity (Wildman–Crippen MR) is 105 cm³/mol. The average molecular weight is 395 g/mol. The summed E-state index contributed by atoms with van der Waals surface area (Å²) in [5.74, 6) is 0.152. The second-order valence-corrected chi connectivity index (χ2v) is 9.37. The van der Waals surface area contributed by atoms with Crippen LogP contribution < -0.4 is 5.32 Å². The number of likely N-dealkylation sites (tertiary alicyclic amines) is 1. The van der Waals surface area contributed by atoms with Crippen molar-refractivity contribution in [2.75, 3.05) is 52.9 Å². The molecule has 27 heavy (non-hydrogen) atoms. The van der Waals surface area contributed by atoms with Crippen molar-refractivity contribution >= 4 is 15.9 Å². The lowest BCUT2D eigenvalue weighted by Gasteiger charge is -2.36. The van der Waals surface area contributed by atoms with Crippen LogP contribution in [0, 0.1) is 6.92 Å². The molecule has 0 bridgehead atoms. The molecule has 1 aromatic rings. The van der Waals surface area contributed by atoms with E-state index in [4.69, 9.17) is 0 Å². The largest absolute Gasteiger partial charge is 0.341 e. The third kappa shape index (κ3) is 4.87. The van der Waals surface area contributed by atoms with Gasteiger partial charge in [-0.3, -0.25) is 9.69 Å². The molecule has 0 aromatic heterocycles. The van der Waals surface area contributed by atoms with Gasteiger partial charge in [-0.1, -0.05) is 17.7 Å². The molecule has 1 N–H and O–H groups in total. The van der Waals surface area contributed by atoms with E-state index in [1.807, 2.05) is 31.0 Å². The van der Waals surface area contributed by atoms with Crippen LogP contribution in [0.5, 0.6) is 0 Å². The maximum Gasteiger partial charge on any atom is 0.243 e. The van der Waals surface area contributed by atoms with Gasteiger partial charge in [0.25, 0.3) is 0 Å². The van der Waals surface area contributed by atoms with Crippen LogP contribution in [-0.4, -0.2) is 87.3 Å². The molecule has 2 saturated heterocycles. The minimum Gasteiger partial charge on any atom is -0.341 e. The van der Waals surface area contributed by atoms with Crippen LogP contribution in [0.4, 0.5) is 0 Å². The Kier molecular flexibility index (Phi) is 6.52. The zero-order chi connectivity index (χ0) is 19.4. The molecule has 1 amide bonds. The minimum atomic E-state index is -3.46. The number of nitrogens with zero attached hydrogens (tertiary/aromatic N) is 3. The van der Waals surface area contributed by atoms with Crippen LogP contribution in [-0.2, 0) is 14.8 Å². The average Bonchev–Trinajstić information content (AvgIpc) is 2.69. The maximum absolute atomic E-state index is 12.8. The molecule has 2 heterocycles. The van der Waals surface area contributed by atoms with Gasteiger partial charge >= 0.3 is 0 Å². The Morgan fingerprint density at radius 2 is 1.63 bits per heavy atom. The van der Waals surface area contributed by atoms with Crippen molar-refractivity contribution in [2.45, 2.75) is 30.7 Å². The second-order valence-electron chi connectivity index (χ2n) is 7.44. The van der Waals surface area contributed by atoms with Crippen LogP contribution in [0.2, 0.25) is 0 Å². The first-order valence-corrected chi connectivity index (χ1v) is 11.1. The van der Waals surface area contributed by atoms with Crippen molar-refractivity contribution in [3.8, 4) is 0 Å². The van der Waals surface area contributed by atoms with Gasteiger partial charge in [0.05, 0.1) is 11.4 Å². The zero-order valence-corrected chi connectivity index (χ0v) is 17.0. The van der Waals surface area contributed by atoms with E-state index in [1.54, 1.807) is 12.1 Å². The summed E-state index contributed by atoms with van der Waals surface area (Å²) in [5, 5.41) is 3.27. The molecule has 0 atom stereocenters. The Morgan fingerprint density at radius 1 is 1.04 bits per heavy atom. The van der Waals surface area contributed by atoms with E-state index >= 15 is 0 Å². The molecule has 3 rings (SSSR count). The highest BCUT2D eigenvalue weighted by atomic mass is 32.2. The van der Waals surface area contributed by atoms with Gasteiger partial charge in [-0.25, -0.2) is 8.42 Å². The van der Waals surface area contributed by atoms with Crippen molar-refractivity contribution in [1.29, 1.82) is 0 Å². The number of benzene rings is 1. The molecule has 0 aliphatic carbocycles. The van der Waals surface area contributed by atoms with E-state index < -0.39 is 10.0 Å². The number of carbonyl (C=O) groups is 1. The second kappa shape index (κ2) is 8.68. The predicted octanol–water partition coefficient (Wildman–Crippen LogP) is 0.512. The number of carbonyl (C=O) groups excluding carboxylic acids is 1. The number of aryl methyl sites for hydroxylation is 1. The summed E-state index contributed by atoms with van der Waals surface area (Å²) in [7, 11) is -1.49. The molecule has 8 heteroatoms. The number of sulfonamides is 1. The van der Waals surface area contributed by atoms with Gasteiger partial charge in [-0.05, 0) is 38.9 Å². The Labute approximate surface area is 162 Å². The van der Waals surface area contributed by atoms with Crippen LogP contribution in [0.1, 0.15) is 18.4 Å². The Balaban J connectivity index is 1.50. The quantitative estimate of drug-likeness (QED) is 0.788. The number of hydrogen-bond donors (Lipinski definition) is 1. The van der Waals surface area contributed by atoms with Gasteiger partial charge in [-0.2, -0.15) is 4.31 Å². The van der Waals surface area contributed by atoms with E-state index in [0.717, 1.165) is 31.5 Å². The Hall–Kier alpha value is -1.48. The lowest BCUT2D eigenvalue weighted by molar-refractivity contribution is -0.133. The summed E-state index contributed by atoms with van der Waals surface area (Å²) in [6.07, 6.45) is 1.98. The van der Waals surface area contributed by atoms with Gasteiger partial charge < -0.3 is 10.2 Å². The summed E-state index contributed by atoms with van der Waals surface area (Å²) >= 11 is 0. The molecule has 2 aliphatic rings. The van der Waals surface area contributed by atoms with E-state index in [0.29, 0.717) is 43.7 Å². The topological polar surface area (TPSA) is 73.0 Å². The van der Waals surface area contributed by atoms with E-state index in [1.165, 1.54) is 4.31 Å². The third-order valence-corrected chi connectivity index (χ3v) is 7.52. The highest BCUT2D eigenvalue weighted by molar-refractivity contribution is 7.89. The normalized spacial score (nSPS) is 20.7. The Bertz CT molecular complexity index is 735. The first-order valence-electron chi connectivity index (χ1n) is 9.64. The molecule has 0 radical (unpaired) electrons. The molecule has 1 aromatic carbocycles. The lowest BCUT2D eigenvalue weighted by atomic mass is 10.1. The lowest BCUT2D eigenvalue weighted by Crippen LogP contribution is -2.52. The van der Waals surface area contributed by atoms with Crippen LogP contribution >= 0.6 is 0 Å². The fraction of sp³-hybridized carbons (Fsp3) is 0.632. The highest BCUT2D eigenvalue weighted by Gasteiger charge is 2.30. The number of hydrogen-bond acceptors (Lipinski definition) is 5. The minimum absolute atomic E-state index is 0.152. The molecule has 2 aliphatic heterocycles. The van der Waals surface area contributed by atoms with Crippen molar-refractivity contribution < 1.29 is 13.2 Å². The van der Waals surface area contributed by atoms with E-state index in [2.05, 4.69) is 10.2 Å². The molecule has 0 saturated carbocycles. The highest BCUT2D eigenvalue weighted by Crippen LogP contribution is 2.18. The molecular weight excluding hydrogens is 364 g/mol. The molecule has 2 fully saturated rings. The van der Waals surface area contributed by atoms with Gasteiger partial charge in [0.15, 0.2) is 0 Å². The third-order valence-electron chi connectivity index (χ3n) is 5.60. The fourth-order valence-electron chi connectivity index (χ4n) is 3.70. The number of rotatable bonds is 5.